The smallest absolute Gasteiger partial charge is 0.271 e. The van der Waals surface area contributed by atoms with Crippen LogP contribution >= 0.6 is 0 Å². The van der Waals surface area contributed by atoms with Crippen LogP contribution in [0.1, 0.15) is 43.6 Å². The molecular formula is C12H20N4O. The first-order valence-corrected chi connectivity index (χ1v) is 5.95. The van der Waals surface area contributed by atoms with Crippen molar-refractivity contribution in [2.75, 3.05) is 12.3 Å². The summed E-state index contributed by atoms with van der Waals surface area (Å²) in [6, 6.07) is 0. The number of nitrogen functional groups attached to an aromatic ring is 1. The summed E-state index contributed by atoms with van der Waals surface area (Å²) in [5.41, 5.74) is 5.72. The maximum absolute atomic E-state index is 11.6. The number of rotatable bonds is 6. The number of nitrogens with one attached hydrogen (secondary N) is 1. The van der Waals surface area contributed by atoms with Gasteiger partial charge in [0.2, 0.25) is 0 Å². The number of amides is 1. The molecule has 1 rings (SSSR count). The molecule has 0 unspecified atom stereocenters. The van der Waals surface area contributed by atoms with E-state index in [1.807, 2.05) is 0 Å². The molecule has 5 nitrogen and oxygen atoms in total. The monoisotopic (exact) mass is 236 g/mol. The fourth-order valence-electron chi connectivity index (χ4n) is 1.46. The average Bonchev–Trinajstić information content (AvgIpc) is 2.28. The summed E-state index contributed by atoms with van der Waals surface area (Å²) in [6.07, 6.45) is 6.13. The number of hydrogen-bond donors (Lipinski definition) is 2. The lowest BCUT2D eigenvalue weighted by Gasteiger charge is -2.06. The molecule has 0 radical (unpaired) electrons. The van der Waals surface area contributed by atoms with Crippen LogP contribution in [-0.4, -0.2) is 22.4 Å². The van der Waals surface area contributed by atoms with E-state index in [0.29, 0.717) is 12.5 Å². The van der Waals surface area contributed by atoms with Crippen LogP contribution in [0.25, 0.3) is 0 Å². The third-order valence-corrected chi connectivity index (χ3v) is 2.38. The number of aromatic nitrogens is 2. The molecule has 0 atom stereocenters. The highest BCUT2D eigenvalue weighted by Gasteiger charge is 2.06. The van der Waals surface area contributed by atoms with Crippen LogP contribution in [0.3, 0.4) is 0 Å². The second kappa shape index (κ2) is 6.83. The van der Waals surface area contributed by atoms with Crippen LogP contribution < -0.4 is 11.1 Å². The molecule has 0 saturated heterocycles. The fourth-order valence-corrected chi connectivity index (χ4v) is 1.46. The Balaban J connectivity index is 2.26. The molecule has 1 aromatic rings. The van der Waals surface area contributed by atoms with Crippen LogP contribution in [0.2, 0.25) is 0 Å². The van der Waals surface area contributed by atoms with E-state index >= 15 is 0 Å². The van der Waals surface area contributed by atoms with Crippen LogP contribution in [-0.2, 0) is 0 Å². The van der Waals surface area contributed by atoms with E-state index < -0.39 is 0 Å². The van der Waals surface area contributed by atoms with Gasteiger partial charge in [-0.2, -0.15) is 0 Å². The highest BCUT2D eigenvalue weighted by Crippen LogP contribution is 2.05. The van der Waals surface area contributed by atoms with Crippen LogP contribution in [0.5, 0.6) is 0 Å². The molecule has 1 heterocycles. The molecule has 94 valence electrons. The van der Waals surface area contributed by atoms with Gasteiger partial charge in [-0.05, 0) is 12.3 Å². The second-order valence-electron chi connectivity index (χ2n) is 4.47. The van der Waals surface area contributed by atoms with E-state index in [0.717, 1.165) is 12.8 Å². The summed E-state index contributed by atoms with van der Waals surface area (Å²) in [4.78, 5) is 19.4. The van der Waals surface area contributed by atoms with Crippen molar-refractivity contribution in [3.63, 3.8) is 0 Å². The third kappa shape index (κ3) is 5.29. The van der Waals surface area contributed by atoms with Gasteiger partial charge in [0.15, 0.2) is 0 Å². The predicted molar refractivity (Wildman–Crippen MR) is 67.5 cm³/mol. The van der Waals surface area contributed by atoms with Gasteiger partial charge >= 0.3 is 0 Å². The highest BCUT2D eigenvalue weighted by atomic mass is 16.1. The minimum Gasteiger partial charge on any atom is -0.382 e. The van der Waals surface area contributed by atoms with E-state index in [4.69, 9.17) is 5.73 Å². The van der Waals surface area contributed by atoms with E-state index in [1.165, 1.54) is 18.8 Å². The molecule has 0 aliphatic heterocycles. The molecule has 17 heavy (non-hydrogen) atoms. The second-order valence-corrected chi connectivity index (χ2v) is 4.47. The zero-order valence-corrected chi connectivity index (χ0v) is 10.4. The number of unbranched alkanes of at least 4 members (excludes halogenated alkanes) is 1. The van der Waals surface area contributed by atoms with Crippen molar-refractivity contribution in [3.05, 3.63) is 18.1 Å². The van der Waals surface area contributed by atoms with E-state index in [-0.39, 0.29) is 17.4 Å². The molecule has 0 saturated carbocycles. The average molecular weight is 236 g/mol. The summed E-state index contributed by atoms with van der Waals surface area (Å²) >= 11 is 0. The molecule has 0 bridgehead atoms. The topological polar surface area (TPSA) is 80.9 Å². The van der Waals surface area contributed by atoms with Crippen LogP contribution in [0, 0.1) is 5.92 Å². The van der Waals surface area contributed by atoms with Crippen molar-refractivity contribution < 1.29 is 4.79 Å². The van der Waals surface area contributed by atoms with Gasteiger partial charge in [-0.3, -0.25) is 9.78 Å². The summed E-state index contributed by atoms with van der Waals surface area (Å²) in [5.74, 6) is 0.761. The van der Waals surface area contributed by atoms with Crippen molar-refractivity contribution in [2.24, 2.45) is 5.92 Å². The Morgan fingerprint density at radius 3 is 2.82 bits per heavy atom. The van der Waals surface area contributed by atoms with Gasteiger partial charge < -0.3 is 11.1 Å². The summed E-state index contributed by atoms with van der Waals surface area (Å²) < 4.78 is 0. The van der Waals surface area contributed by atoms with Crippen molar-refractivity contribution in [1.29, 1.82) is 0 Å². The van der Waals surface area contributed by atoms with Crippen molar-refractivity contribution >= 4 is 11.7 Å². The molecule has 0 aromatic carbocycles. The molecule has 1 aromatic heterocycles. The lowest BCUT2D eigenvalue weighted by molar-refractivity contribution is 0.0947. The number of carbonyl (C=O) groups is 1. The third-order valence-electron chi connectivity index (χ3n) is 2.38. The van der Waals surface area contributed by atoms with E-state index in [2.05, 4.69) is 29.1 Å². The zero-order chi connectivity index (χ0) is 12.7. The maximum Gasteiger partial charge on any atom is 0.271 e. The quantitative estimate of drug-likeness (QED) is 0.735. The van der Waals surface area contributed by atoms with Crippen molar-refractivity contribution in [3.8, 4) is 0 Å². The molecule has 5 heteroatoms. The van der Waals surface area contributed by atoms with Gasteiger partial charge in [-0.1, -0.05) is 26.7 Å². The number of hydrogen-bond acceptors (Lipinski definition) is 4. The molecule has 0 spiro atoms. The Bertz CT molecular complexity index is 365. The Kier molecular flexibility index (Phi) is 5.39. The molecule has 1 amide bonds. The SMILES string of the molecule is CC(C)CCCCNC(=O)c1cncc(N)n1. The Hall–Kier alpha value is -1.65. The van der Waals surface area contributed by atoms with Gasteiger partial charge in [-0.25, -0.2) is 4.98 Å². The largest absolute Gasteiger partial charge is 0.382 e. The van der Waals surface area contributed by atoms with E-state index in [9.17, 15) is 4.79 Å². The van der Waals surface area contributed by atoms with Gasteiger partial charge in [0.25, 0.3) is 5.91 Å². The highest BCUT2D eigenvalue weighted by molar-refractivity contribution is 5.92. The molecular weight excluding hydrogens is 216 g/mol. The minimum atomic E-state index is -0.214. The fraction of sp³-hybridized carbons (Fsp3) is 0.583. The molecule has 3 N–H and O–H groups in total. The number of nitrogens with two attached hydrogens (primary N) is 1. The zero-order valence-electron chi connectivity index (χ0n) is 10.4. The minimum absolute atomic E-state index is 0.214. The first-order valence-electron chi connectivity index (χ1n) is 5.95. The normalized spacial score (nSPS) is 10.5. The molecule has 0 fully saturated rings. The van der Waals surface area contributed by atoms with Crippen molar-refractivity contribution in [2.45, 2.75) is 33.1 Å². The van der Waals surface area contributed by atoms with Crippen LogP contribution in [0.4, 0.5) is 5.82 Å². The summed E-state index contributed by atoms with van der Waals surface area (Å²) in [5, 5.41) is 2.80. The standard InChI is InChI=1S/C12H20N4O/c1-9(2)5-3-4-6-15-12(17)10-7-14-8-11(13)16-10/h7-9H,3-6H2,1-2H3,(H2,13,16)(H,15,17). The molecule has 0 aliphatic carbocycles. The first kappa shape index (κ1) is 13.4. The Morgan fingerprint density at radius 2 is 2.18 bits per heavy atom. The van der Waals surface area contributed by atoms with Gasteiger partial charge in [-0.15, -0.1) is 0 Å². The van der Waals surface area contributed by atoms with Crippen LogP contribution in [0.15, 0.2) is 12.4 Å². The molecule has 0 aliphatic rings. The summed E-state index contributed by atoms with van der Waals surface area (Å²) in [7, 11) is 0. The van der Waals surface area contributed by atoms with Gasteiger partial charge in [0, 0.05) is 6.54 Å². The Morgan fingerprint density at radius 1 is 1.41 bits per heavy atom. The lowest BCUT2D eigenvalue weighted by Crippen LogP contribution is -2.25. The van der Waals surface area contributed by atoms with E-state index in [1.54, 1.807) is 0 Å². The predicted octanol–water partition coefficient (Wildman–Crippen LogP) is 1.61. The summed E-state index contributed by atoms with van der Waals surface area (Å²) in [6.45, 7) is 5.06. The van der Waals surface area contributed by atoms with Crippen molar-refractivity contribution in [1.82, 2.24) is 15.3 Å². The maximum atomic E-state index is 11.6. The number of nitrogens with zero attached hydrogens (tertiary/aromatic N) is 2. The lowest BCUT2D eigenvalue weighted by atomic mass is 10.1. The van der Waals surface area contributed by atoms with Gasteiger partial charge in [0.1, 0.15) is 11.5 Å². The Labute approximate surface area is 102 Å². The number of carbonyl (C=O) groups excluding carboxylic acids is 1. The first-order chi connectivity index (χ1) is 8.09. The van der Waals surface area contributed by atoms with Gasteiger partial charge in [0.05, 0.1) is 12.4 Å². The number of anilines is 1.